The molecule has 0 atom stereocenters. The Morgan fingerprint density at radius 1 is 1.36 bits per heavy atom. The van der Waals surface area contributed by atoms with Crippen LogP contribution in [0.15, 0.2) is 23.0 Å². The Morgan fingerprint density at radius 2 is 2.14 bits per heavy atom. The Hall–Kier alpha value is -2.01. The maximum atomic E-state index is 11.8. The highest BCUT2D eigenvalue weighted by Gasteiger charge is 2.09. The average molecular weight is 322 g/mol. The van der Waals surface area contributed by atoms with Gasteiger partial charge < -0.3 is 10.1 Å². The third kappa shape index (κ3) is 4.01. The Morgan fingerprint density at radius 3 is 2.82 bits per heavy atom. The van der Waals surface area contributed by atoms with Gasteiger partial charge >= 0.3 is 0 Å². The summed E-state index contributed by atoms with van der Waals surface area (Å²) in [5, 5.41) is 3.72. The smallest absolute Gasteiger partial charge is 0.252 e. The van der Waals surface area contributed by atoms with Crippen LogP contribution in [-0.2, 0) is 6.42 Å². The first-order valence-electron chi connectivity index (χ1n) is 7.25. The van der Waals surface area contributed by atoms with Crippen molar-refractivity contribution in [3.05, 3.63) is 44.8 Å². The van der Waals surface area contributed by atoms with Crippen LogP contribution in [0.2, 0.25) is 5.02 Å². The number of unbranched alkanes of at least 4 members (excludes halogenated alkanes) is 1. The number of nitrogens with one attached hydrogen (secondary N) is 2. The molecule has 0 aliphatic rings. The minimum atomic E-state index is -0.173. The van der Waals surface area contributed by atoms with Gasteiger partial charge in [0.1, 0.15) is 5.75 Å². The third-order valence-corrected chi connectivity index (χ3v) is 3.72. The van der Waals surface area contributed by atoms with E-state index in [4.69, 9.17) is 16.3 Å². The Balaban J connectivity index is 2.32. The van der Waals surface area contributed by atoms with Crippen LogP contribution in [0.1, 0.15) is 31.0 Å². The molecule has 0 fully saturated rings. The largest absolute Gasteiger partial charge is 0.495 e. The first kappa shape index (κ1) is 16.4. The van der Waals surface area contributed by atoms with E-state index in [1.165, 1.54) is 6.07 Å². The fourth-order valence-corrected chi connectivity index (χ4v) is 2.26. The SMILES string of the molecule is CCCCc1cc(=O)[nH]c(Nc2cc(C)c(Cl)cc2OC)n1. The van der Waals surface area contributed by atoms with E-state index in [-0.39, 0.29) is 5.56 Å². The van der Waals surface area contributed by atoms with Gasteiger partial charge in [-0.1, -0.05) is 24.9 Å². The summed E-state index contributed by atoms with van der Waals surface area (Å²) in [4.78, 5) is 18.9. The number of ether oxygens (including phenoxy) is 1. The van der Waals surface area contributed by atoms with Crippen molar-refractivity contribution in [3.63, 3.8) is 0 Å². The summed E-state index contributed by atoms with van der Waals surface area (Å²) in [6.45, 7) is 4.01. The predicted octanol–water partition coefficient (Wildman–Crippen LogP) is 3.83. The van der Waals surface area contributed by atoms with Gasteiger partial charge in [0.05, 0.1) is 12.8 Å². The number of aryl methyl sites for hydroxylation is 2. The summed E-state index contributed by atoms with van der Waals surface area (Å²) < 4.78 is 5.31. The number of rotatable bonds is 6. The van der Waals surface area contributed by atoms with Crippen LogP contribution < -0.4 is 15.6 Å². The Bertz CT molecular complexity index is 713. The van der Waals surface area contributed by atoms with Gasteiger partial charge in [0.2, 0.25) is 5.95 Å². The second-order valence-electron chi connectivity index (χ2n) is 5.12. The van der Waals surface area contributed by atoms with E-state index in [1.54, 1.807) is 13.2 Å². The molecule has 0 radical (unpaired) electrons. The lowest BCUT2D eigenvalue weighted by Crippen LogP contribution is -2.12. The van der Waals surface area contributed by atoms with Crippen LogP contribution >= 0.6 is 11.6 Å². The lowest BCUT2D eigenvalue weighted by molar-refractivity contribution is 0.416. The number of anilines is 2. The fraction of sp³-hybridized carbons (Fsp3) is 0.375. The maximum Gasteiger partial charge on any atom is 0.252 e. The van der Waals surface area contributed by atoms with Gasteiger partial charge in [-0.05, 0) is 31.4 Å². The molecule has 1 aromatic carbocycles. The van der Waals surface area contributed by atoms with Gasteiger partial charge in [0.25, 0.3) is 5.56 Å². The second kappa shape index (κ2) is 7.31. The number of aromatic nitrogens is 2. The lowest BCUT2D eigenvalue weighted by Gasteiger charge is -2.13. The summed E-state index contributed by atoms with van der Waals surface area (Å²) in [6, 6.07) is 5.13. The minimum absolute atomic E-state index is 0.173. The molecular formula is C16H20ClN3O2. The minimum Gasteiger partial charge on any atom is -0.495 e. The van der Waals surface area contributed by atoms with E-state index in [2.05, 4.69) is 22.2 Å². The van der Waals surface area contributed by atoms with Crippen molar-refractivity contribution in [3.8, 4) is 5.75 Å². The molecule has 1 aromatic heterocycles. The zero-order chi connectivity index (χ0) is 16.1. The van der Waals surface area contributed by atoms with E-state index in [9.17, 15) is 4.79 Å². The molecule has 2 rings (SSSR count). The van der Waals surface area contributed by atoms with Crippen LogP contribution in [0.3, 0.4) is 0 Å². The van der Waals surface area contributed by atoms with Crippen molar-refractivity contribution in [2.45, 2.75) is 33.1 Å². The molecule has 118 valence electrons. The molecule has 0 unspecified atom stereocenters. The van der Waals surface area contributed by atoms with Crippen molar-refractivity contribution in [1.82, 2.24) is 9.97 Å². The number of methoxy groups -OCH3 is 1. The Kier molecular flexibility index (Phi) is 5.44. The first-order chi connectivity index (χ1) is 10.5. The van der Waals surface area contributed by atoms with E-state index in [0.29, 0.717) is 22.4 Å². The number of halogens is 1. The van der Waals surface area contributed by atoms with Crippen molar-refractivity contribution >= 4 is 23.2 Å². The van der Waals surface area contributed by atoms with Gasteiger partial charge in [0.15, 0.2) is 0 Å². The van der Waals surface area contributed by atoms with E-state index < -0.39 is 0 Å². The number of benzene rings is 1. The number of nitrogens with zero attached hydrogens (tertiary/aromatic N) is 1. The molecule has 0 bridgehead atoms. The zero-order valence-electron chi connectivity index (χ0n) is 13.0. The van der Waals surface area contributed by atoms with Crippen molar-refractivity contribution in [1.29, 1.82) is 0 Å². The molecule has 22 heavy (non-hydrogen) atoms. The highest BCUT2D eigenvalue weighted by molar-refractivity contribution is 6.31. The average Bonchev–Trinajstić information content (AvgIpc) is 2.48. The molecule has 0 aliphatic heterocycles. The predicted molar refractivity (Wildman–Crippen MR) is 89.5 cm³/mol. The van der Waals surface area contributed by atoms with Gasteiger partial charge in [-0.2, -0.15) is 0 Å². The first-order valence-corrected chi connectivity index (χ1v) is 7.62. The highest BCUT2D eigenvalue weighted by atomic mass is 35.5. The maximum absolute atomic E-state index is 11.8. The normalized spacial score (nSPS) is 10.5. The fourth-order valence-electron chi connectivity index (χ4n) is 2.11. The standard InChI is InChI=1S/C16H20ClN3O2/c1-4-5-6-11-8-15(21)20-16(18-11)19-13-7-10(2)12(17)9-14(13)22-3/h7-9H,4-6H2,1-3H3,(H2,18,19,20,21). The van der Waals surface area contributed by atoms with Gasteiger partial charge in [0, 0.05) is 22.8 Å². The molecule has 0 saturated carbocycles. The molecule has 0 saturated heterocycles. The van der Waals surface area contributed by atoms with Crippen LogP contribution in [0.5, 0.6) is 5.75 Å². The van der Waals surface area contributed by atoms with Gasteiger partial charge in [-0.15, -0.1) is 0 Å². The Labute approximate surface area is 134 Å². The molecule has 0 amide bonds. The molecule has 1 heterocycles. The number of H-pyrrole nitrogens is 1. The number of hydrogen-bond donors (Lipinski definition) is 2. The molecule has 2 aromatic rings. The van der Waals surface area contributed by atoms with Crippen molar-refractivity contribution < 1.29 is 4.74 Å². The van der Waals surface area contributed by atoms with Gasteiger partial charge in [-0.25, -0.2) is 4.98 Å². The van der Waals surface area contributed by atoms with Gasteiger partial charge in [-0.3, -0.25) is 9.78 Å². The van der Waals surface area contributed by atoms with Crippen LogP contribution in [0, 0.1) is 6.92 Å². The van der Waals surface area contributed by atoms with E-state index in [0.717, 1.165) is 30.5 Å². The third-order valence-electron chi connectivity index (χ3n) is 3.32. The molecule has 2 N–H and O–H groups in total. The molecule has 6 heteroatoms. The topological polar surface area (TPSA) is 67.0 Å². The molecular weight excluding hydrogens is 302 g/mol. The number of hydrogen-bond acceptors (Lipinski definition) is 4. The summed E-state index contributed by atoms with van der Waals surface area (Å²) in [5.74, 6) is 0.996. The lowest BCUT2D eigenvalue weighted by atomic mass is 10.2. The van der Waals surface area contributed by atoms with Crippen LogP contribution in [-0.4, -0.2) is 17.1 Å². The quantitative estimate of drug-likeness (QED) is 0.848. The van der Waals surface area contributed by atoms with Crippen molar-refractivity contribution in [2.24, 2.45) is 0 Å². The van der Waals surface area contributed by atoms with Crippen LogP contribution in [0.4, 0.5) is 11.6 Å². The summed E-state index contributed by atoms with van der Waals surface area (Å²) in [6.07, 6.45) is 2.84. The second-order valence-corrected chi connectivity index (χ2v) is 5.52. The van der Waals surface area contributed by atoms with Crippen LogP contribution in [0.25, 0.3) is 0 Å². The molecule has 5 nitrogen and oxygen atoms in total. The molecule has 0 aliphatic carbocycles. The zero-order valence-corrected chi connectivity index (χ0v) is 13.8. The summed E-state index contributed by atoms with van der Waals surface area (Å²) in [7, 11) is 1.57. The van der Waals surface area contributed by atoms with E-state index >= 15 is 0 Å². The van der Waals surface area contributed by atoms with Crippen molar-refractivity contribution in [2.75, 3.05) is 12.4 Å². The summed E-state index contributed by atoms with van der Waals surface area (Å²) >= 11 is 6.09. The monoisotopic (exact) mass is 321 g/mol. The van der Waals surface area contributed by atoms with E-state index in [1.807, 2.05) is 13.0 Å². The molecule has 0 spiro atoms. The highest BCUT2D eigenvalue weighted by Crippen LogP contribution is 2.32. The summed E-state index contributed by atoms with van der Waals surface area (Å²) in [5.41, 5.74) is 2.22. The number of aromatic amines is 1.